The zero-order valence-corrected chi connectivity index (χ0v) is 16.3. The number of anilines is 1. The lowest BCUT2D eigenvalue weighted by atomic mass is 9.77. The van der Waals surface area contributed by atoms with Crippen molar-refractivity contribution in [2.24, 2.45) is 0 Å². The van der Waals surface area contributed by atoms with E-state index in [1.165, 1.54) is 13.8 Å². The molecule has 0 aliphatic carbocycles. The molecule has 0 radical (unpaired) electrons. The zero-order valence-electron chi connectivity index (χ0n) is 16.3. The van der Waals surface area contributed by atoms with Crippen molar-refractivity contribution in [3.05, 3.63) is 34.8 Å². The van der Waals surface area contributed by atoms with Gasteiger partial charge in [0.05, 0.1) is 11.2 Å². The van der Waals surface area contributed by atoms with Gasteiger partial charge in [0.1, 0.15) is 0 Å². The molecule has 1 aliphatic rings. The molecule has 1 saturated heterocycles. The molecular formula is C19H27BN2O4. The molecule has 0 aromatic heterocycles. The molecule has 6 nitrogen and oxygen atoms in total. The van der Waals surface area contributed by atoms with E-state index in [0.717, 1.165) is 11.0 Å². The molecule has 26 heavy (non-hydrogen) atoms. The number of amides is 1. The Bertz CT molecular complexity index is 740. The summed E-state index contributed by atoms with van der Waals surface area (Å²) >= 11 is 0. The summed E-state index contributed by atoms with van der Waals surface area (Å²) in [5.74, 6) is -0.244. The minimum atomic E-state index is -0.592. The number of carbonyl (C=O) groups is 2. The van der Waals surface area contributed by atoms with Crippen LogP contribution in [0.3, 0.4) is 0 Å². The van der Waals surface area contributed by atoms with Crippen LogP contribution in [-0.2, 0) is 14.1 Å². The Morgan fingerprint density at radius 2 is 1.73 bits per heavy atom. The smallest absolute Gasteiger partial charge is 0.400 e. The van der Waals surface area contributed by atoms with Crippen LogP contribution in [0, 0.1) is 0 Å². The molecule has 2 rings (SSSR count). The van der Waals surface area contributed by atoms with Gasteiger partial charge in [-0.05, 0) is 57.8 Å². The van der Waals surface area contributed by atoms with Crippen LogP contribution in [0.4, 0.5) is 5.69 Å². The van der Waals surface area contributed by atoms with E-state index in [9.17, 15) is 9.59 Å². The number of carbonyl (C=O) groups excluding carboxylic acids is 2. The average molecular weight is 358 g/mol. The Labute approximate surface area is 155 Å². The van der Waals surface area contributed by atoms with Gasteiger partial charge < -0.3 is 20.4 Å². The van der Waals surface area contributed by atoms with Crippen molar-refractivity contribution >= 4 is 30.6 Å². The Balaban J connectivity index is 2.39. The fourth-order valence-electron chi connectivity index (χ4n) is 2.61. The van der Waals surface area contributed by atoms with Crippen LogP contribution in [-0.4, -0.2) is 36.6 Å². The highest BCUT2D eigenvalue weighted by molar-refractivity contribution is 6.56. The van der Waals surface area contributed by atoms with Gasteiger partial charge in [-0.3, -0.25) is 9.59 Å². The van der Waals surface area contributed by atoms with E-state index in [-0.39, 0.29) is 18.2 Å². The molecule has 0 bridgehead atoms. The van der Waals surface area contributed by atoms with Crippen LogP contribution in [0.15, 0.2) is 23.7 Å². The zero-order chi connectivity index (χ0) is 19.7. The van der Waals surface area contributed by atoms with Gasteiger partial charge in [-0.2, -0.15) is 0 Å². The maximum absolute atomic E-state index is 11.7. The number of benzene rings is 1. The van der Waals surface area contributed by atoms with E-state index in [1.54, 1.807) is 12.1 Å². The maximum atomic E-state index is 11.7. The number of hydrogen-bond acceptors (Lipinski definition) is 5. The van der Waals surface area contributed by atoms with Crippen molar-refractivity contribution in [1.29, 1.82) is 0 Å². The first kappa shape index (κ1) is 20.2. The summed E-state index contributed by atoms with van der Waals surface area (Å²) in [6.07, 6.45) is 1.87. The molecule has 1 fully saturated rings. The second kappa shape index (κ2) is 7.25. The quantitative estimate of drug-likeness (QED) is 0.480. The van der Waals surface area contributed by atoms with Gasteiger partial charge in [-0.1, -0.05) is 12.1 Å². The van der Waals surface area contributed by atoms with E-state index in [2.05, 4.69) is 5.32 Å². The second-order valence-corrected chi connectivity index (χ2v) is 7.62. The molecule has 0 atom stereocenters. The standard InChI is InChI=1S/C19H27BN2O4/c1-12(23)16-10-14(7-8-17(16)21)9-15(11-22-13(2)24)20-25-18(3,4)19(5,6)26-20/h7-10H,11,21H2,1-6H3,(H,22,24). The Morgan fingerprint density at radius 1 is 1.15 bits per heavy atom. The molecule has 1 aromatic carbocycles. The van der Waals surface area contributed by atoms with Crippen molar-refractivity contribution in [3.8, 4) is 0 Å². The number of Topliss-reactive ketones (excluding diaryl/α,β-unsaturated/α-hetero) is 1. The Hall–Kier alpha value is -2.12. The topological polar surface area (TPSA) is 90.7 Å². The molecule has 1 aliphatic heterocycles. The monoisotopic (exact) mass is 358 g/mol. The molecule has 1 amide bonds. The SMILES string of the molecule is CC(=O)NCC(=Cc1ccc(N)c(C(C)=O)c1)B1OC(C)(C)C(C)(C)O1. The number of nitrogen functional groups attached to an aromatic ring is 1. The molecule has 1 heterocycles. The third-order valence-corrected chi connectivity index (χ3v) is 4.91. The first-order chi connectivity index (χ1) is 11.9. The van der Waals surface area contributed by atoms with Gasteiger partial charge in [0.15, 0.2) is 5.78 Å². The predicted molar refractivity (Wildman–Crippen MR) is 104 cm³/mol. The van der Waals surface area contributed by atoms with Crippen LogP contribution in [0.25, 0.3) is 6.08 Å². The molecule has 7 heteroatoms. The van der Waals surface area contributed by atoms with Crippen LogP contribution < -0.4 is 11.1 Å². The van der Waals surface area contributed by atoms with E-state index < -0.39 is 18.3 Å². The summed E-state index contributed by atoms with van der Waals surface area (Å²) in [7, 11) is -0.592. The van der Waals surface area contributed by atoms with E-state index >= 15 is 0 Å². The van der Waals surface area contributed by atoms with E-state index in [0.29, 0.717) is 11.3 Å². The van der Waals surface area contributed by atoms with Crippen molar-refractivity contribution in [1.82, 2.24) is 5.32 Å². The van der Waals surface area contributed by atoms with Gasteiger partial charge >= 0.3 is 7.12 Å². The molecule has 0 saturated carbocycles. The van der Waals surface area contributed by atoms with E-state index in [4.69, 9.17) is 15.0 Å². The number of nitrogens with one attached hydrogen (secondary N) is 1. The van der Waals surface area contributed by atoms with Gasteiger partial charge in [0.2, 0.25) is 5.91 Å². The molecule has 0 unspecified atom stereocenters. The lowest BCUT2D eigenvalue weighted by Gasteiger charge is -2.32. The average Bonchev–Trinajstić information content (AvgIpc) is 2.72. The summed E-state index contributed by atoms with van der Waals surface area (Å²) in [5, 5.41) is 2.79. The minimum Gasteiger partial charge on any atom is -0.400 e. The fraction of sp³-hybridized carbons (Fsp3) is 0.474. The highest BCUT2D eigenvalue weighted by atomic mass is 16.7. The number of rotatable bonds is 5. The van der Waals surface area contributed by atoms with Gasteiger partial charge in [-0.15, -0.1) is 0 Å². The summed E-state index contributed by atoms with van der Waals surface area (Å²) in [4.78, 5) is 23.1. The fourth-order valence-corrected chi connectivity index (χ4v) is 2.61. The van der Waals surface area contributed by atoms with Crippen LogP contribution in [0.5, 0.6) is 0 Å². The molecule has 140 valence electrons. The number of ketones is 1. The van der Waals surface area contributed by atoms with Gasteiger partial charge in [0, 0.05) is 24.7 Å². The summed E-state index contributed by atoms with van der Waals surface area (Å²) < 4.78 is 12.2. The lowest BCUT2D eigenvalue weighted by Crippen LogP contribution is -2.41. The van der Waals surface area contributed by atoms with Gasteiger partial charge in [-0.25, -0.2) is 0 Å². The second-order valence-electron chi connectivity index (χ2n) is 7.62. The largest absolute Gasteiger partial charge is 0.492 e. The van der Waals surface area contributed by atoms with E-state index in [1.807, 2.05) is 39.8 Å². The van der Waals surface area contributed by atoms with Crippen LogP contribution >= 0.6 is 0 Å². The summed E-state index contributed by atoms with van der Waals surface area (Å²) in [6.45, 7) is 11.1. The van der Waals surface area contributed by atoms with Crippen LogP contribution in [0.1, 0.15) is 57.5 Å². The number of nitrogens with two attached hydrogens (primary N) is 1. The highest BCUT2D eigenvalue weighted by Crippen LogP contribution is 2.38. The van der Waals surface area contributed by atoms with Crippen molar-refractivity contribution in [2.75, 3.05) is 12.3 Å². The minimum absolute atomic E-state index is 0.100. The normalized spacial score (nSPS) is 18.7. The Morgan fingerprint density at radius 3 is 2.23 bits per heavy atom. The third kappa shape index (κ3) is 4.34. The first-order valence-electron chi connectivity index (χ1n) is 8.64. The highest BCUT2D eigenvalue weighted by Gasteiger charge is 2.52. The maximum Gasteiger partial charge on any atom is 0.492 e. The third-order valence-electron chi connectivity index (χ3n) is 4.91. The van der Waals surface area contributed by atoms with Gasteiger partial charge in [0.25, 0.3) is 0 Å². The Kier molecular flexibility index (Phi) is 5.63. The molecule has 3 N–H and O–H groups in total. The summed E-state index contributed by atoms with van der Waals surface area (Å²) in [6, 6.07) is 5.25. The van der Waals surface area contributed by atoms with Crippen molar-refractivity contribution in [3.63, 3.8) is 0 Å². The molecule has 0 spiro atoms. The van der Waals surface area contributed by atoms with Crippen molar-refractivity contribution < 1.29 is 18.9 Å². The number of hydrogen-bond donors (Lipinski definition) is 2. The van der Waals surface area contributed by atoms with Crippen LogP contribution in [0.2, 0.25) is 0 Å². The predicted octanol–water partition coefficient (Wildman–Crippen LogP) is 2.62. The first-order valence-corrected chi connectivity index (χ1v) is 8.64. The summed E-state index contributed by atoms with van der Waals surface area (Å²) in [5.41, 5.74) is 7.35. The molecule has 1 aromatic rings. The molecular weight excluding hydrogens is 331 g/mol. The van der Waals surface area contributed by atoms with Crippen molar-refractivity contribution in [2.45, 2.75) is 52.7 Å². The lowest BCUT2D eigenvalue weighted by molar-refractivity contribution is -0.118.